The Kier molecular flexibility index (Phi) is 2.95. The van der Waals surface area contributed by atoms with Crippen LogP contribution in [-0.2, 0) is 4.79 Å². The van der Waals surface area contributed by atoms with Crippen LogP contribution in [0, 0.1) is 0 Å². The van der Waals surface area contributed by atoms with E-state index < -0.39 is 0 Å². The number of allylic oxidation sites excluding steroid dienone is 1. The van der Waals surface area contributed by atoms with Crippen LogP contribution in [-0.4, -0.2) is 15.9 Å². The Hall–Kier alpha value is -1.71. The summed E-state index contributed by atoms with van der Waals surface area (Å²) >= 11 is 0. The number of carbonyl (C=O) groups is 1. The molecule has 0 spiro atoms. The molecule has 0 radical (unpaired) electrons. The molecule has 1 rings (SSSR count). The lowest BCUT2D eigenvalue weighted by atomic mass is 10.5. The molecular weight excluding hydrogens is 154 g/mol. The highest BCUT2D eigenvalue weighted by Gasteiger charge is 1.95. The van der Waals surface area contributed by atoms with Gasteiger partial charge in [-0.3, -0.25) is 4.79 Å². The minimum atomic E-state index is -0.184. The highest BCUT2D eigenvalue weighted by molar-refractivity contribution is 5.98. The maximum absolute atomic E-state index is 11.0. The average molecular weight is 163 g/mol. The van der Waals surface area contributed by atoms with Crippen molar-refractivity contribution in [3.63, 3.8) is 0 Å². The van der Waals surface area contributed by atoms with E-state index in [4.69, 9.17) is 0 Å². The van der Waals surface area contributed by atoms with Gasteiger partial charge < -0.3 is 5.32 Å². The molecule has 0 aromatic carbocycles. The molecule has 1 amide bonds. The van der Waals surface area contributed by atoms with Gasteiger partial charge in [0.25, 0.3) is 0 Å². The Labute approximate surface area is 70.4 Å². The summed E-state index contributed by atoms with van der Waals surface area (Å²) in [7, 11) is 0. The molecule has 0 unspecified atom stereocenters. The molecule has 0 aliphatic rings. The predicted molar refractivity (Wildman–Crippen MR) is 45.5 cm³/mol. The lowest BCUT2D eigenvalue weighted by Crippen LogP contribution is -2.08. The number of amides is 1. The Morgan fingerprint density at radius 3 is 3.08 bits per heavy atom. The van der Waals surface area contributed by atoms with Crippen LogP contribution in [0.4, 0.5) is 5.82 Å². The van der Waals surface area contributed by atoms with Crippen LogP contribution in [0.25, 0.3) is 0 Å². The minimum absolute atomic E-state index is 0.184. The summed E-state index contributed by atoms with van der Waals surface area (Å²) in [5.74, 6) is 0.323. The van der Waals surface area contributed by atoms with E-state index >= 15 is 0 Å². The van der Waals surface area contributed by atoms with Crippen LogP contribution in [0.1, 0.15) is 6.92 Å². The molecule has 1 N–H and O–H groups in total. The smallest absolute Gasteiger partial charge is 0.249 e. The first-order chi connectivity index (χ1) is 5.83. The number of nitrogens with zero attached hydrogens (tertiary/aromatic N) is 2. The number of carbonyl (C=O) groups excluding carboxylic acids is 1. The lowest BCUT2D eigenvalue weighted by Gasteiger charge is -1.97. The zero-order valence-electron chi connectivity index (χ0n) is 6.69. The summed E-state index contributed by atoms with van der Waals surface area (Å²) in [6.45, 7) is 1.78. The first-order valence-electron chi connectivity index (χ1n) is 3.52. The molecule has 0 bridgehead atoms. The summed E-state index contributed by atoms with van der Waals surface area (Å²) in [5, 5.41) is 2.57. The maximum Gasteiger partial charge on any atom is 0.249 e. The van der Waals surface area contributed by atoms with Crippen molar-refractivity contribution in [3.05, 3.63) is 30.7 Å². The second-order valence-electron chi connectivity index (χ2n) is 2.08. The van der Waals surface area contributed by atoms with Crippen LogP contribution in [0.15, 0.2) is 30.7 Å². The van der Waals surface area contributed by atoms with E-state index in [1.165, 1.54) is 12.4 Å². The van der Waals surface area contributed by atoms with E-state index in [2.05, 4.69) is 15.3 Å². The van der Waals surface area contributed by atoms with Crippen molar-refractivity contribution in [2.24, 2.45) is 0 Å². The molecule has 1 aromatic rings. The van der Waals surface area contributed by atoms with Gasteiger partial charge in [-0.15, -0.1) is 0 Å². The van der Waals surface area contributed by atoms with Crippen LogP contribution < -0.4 is 5.32 Å². The Bertz CT molecular complexity index is 282. The van der Waals surface area contributed by atoms with Gasteiger partial charge in [0.1, 0.15) is 12.1 Å². The van der Waals surface area contributed by atoms with Crippen LogP contribution in [0.5, 0.6) is 0 Å². The van der Waals surface area contributed by atoms with E-state index in [9.17, 15) is 4.79 Å². The average Bonchev–Trinajstić information content (AvgIpc) is 2.06. The first-order valence-corrected chi connectivity index (χ1v) is 3.52. The van der Waals surface area contributed by atoms with Gasteiger partial charge in [0, 0.05) is 6.20 Å². The Morgan fingerprint density at radius 1 is 1.67 bits per heavy atom. The summed E-state index contributed by atoms with van der Waals surface area (Å²) in [4.78, 5) is 18.5. The maximum atomic E-state index is 11.0. The van der Waals surface area contributed by atoms with Gasteiger partial charge in [-0.05, 0) is 19.1 Å². The van der Waals surface area contributed by atoms with E-state index in [1.54, 1.807) is 25.3 Å². The number of aromatic nitrogens is 2. The molecule has 1 heterocycles. The van der Waals surface area contributed by atoms with E-state index in [-0.39, 0.29) is 5.91 Å². The van der Waals surface area contributed by atoms with Gasteiger partial charge in [-0.2, -0.15) is 0 Å². The third kappa shape index (κ3) is 2.49. The SMILES string of the molecule is CC=CC(=O)Nc1ccncn1. The second kappa shape index (κ2) is 4.23. The predicted octanol–water partition coefficient (Wildman–Crippen LogP) is 0.991. The molecule has 4 heteroatoms. The molecule has 12 heavy (non-hydrogen) atoms. The largest absolute Gasteiger partial charge is 0.307 e. The van der Waals surface area contributed by atoms with Gasteiger partial charge in [0.2, 0.25) is 5.91 Å². The molecule has 0 saturated carbocycles. The number of anilines is 1. The summed E-state index contributed by atoms with van der Waals surface area (Å²) in [6.07, 6.45) is 6.04. The molecule has 0 atom stereocenters. The Morgan fingerprint density at radius 2 is 2.50 bits per heavy atom. The highest BCUT2D eigenvalue weighted by Crippen LogP contribution is 1.97. The molecule has 62 valence electrons. The van der Waals surface area contributed by atoms with Crippen molar-refractivity contribution in [2.75, 3.05) is 5.32 Å². The van der Waals surface area contributed by atoms with Crippen LogP contribution >= 0.6 is 0 Å². The summed E-state index contributed by atoms with van der Waals surface area (Å²) in [5.41, 5.74) is 0. The summed E-state index contributed by atoms with van der Waals surface area (Å²) < 4.78 is 0. The fourth-order valence-corrected chi connectivity index (χ4v) is 0.684. The molecule has 0 saturated heterocycles. The fraction of sp³-hybridized carbons (Fsp3) is 0.125. The fourth-order valence-electron chi connectivity index (χ4n) is 0.684. The third-order valence-electron chi connectivity index (χ3n) is 1.15. The number of nitrogens with one attached hydrogen (secondary N) is 1. The highest BCUT2D eigenvalue weighted by atomic mass is 16.1. The van der Waals surface area contributed by atoms with E-state index in [1.807, 2.05) is 0 Å². The van der Waals surface area contributed by atoms with Gasteiger partial charge in [0.15, 0.2) is 0 Å². The standard InChI is InChI=1S/C8H9N3O/c1-2-3-8(12)11-7-4-5-9-6-10-7/h2-6H,1H3,(H,9,10,11,12). The number of hydrogen-bond acceptors (Lipinski definition) is 3. The normalized spacial score (nSPS) is 10.1. The first kappa shape index (κ1) is 8.39. The topological polar surface area (TPSA) is 54.9 Å². The quantitative estimate of drug-likeness (QED) is 0.661. The lowest BCUT2D eigenvalue weighted by molar-refractivity contribution is -0.111. The minimum Gasteiger partial charge on any atom is -0.307 e. The number of rotatable bonds is 2. The third-order valence-corrected chi connectivity index (χ3v) is 1.15. The van der Waals surface area contributed by atoms with Gasteiger partial charge in [-0.1, -0.05) is 6.08 Å². The molecule has 0 fully saturated rings. The van der Waals surface area contributed by atoms with Crippen molar-refractivity contribution < 1.29 is 4.79 Å². The molecule has 4 nitrogen and oxygen atoms in total. The summed E-state index contributed by atoms with van der Waals surface area (Å²) in [6, 6.07) is 1.63. The van der Waals surface area contributed by atoms with Crippen molar-refractivity contribution in [2.45, 2.75) is 6.92 Å². The molecule has 0 aliphatic carbocycles. The van der Waals surface area contributed by atoms with Crippen molar-refractivity contribution in [3.8, 4) is 0 Å². The van der Waals surface area contributed by atoms with Crippen molar-refractivity contribution >= 4 is 11.7 Å². The van der Waals surface area contributed by atoms with Gasteiger partial charge in [0.05, 0.1) is 0 Å². The second-order valence-corrected chi connectivity index (χ2v) is 2.08. The van der Waals surface area contributed by atoms with Gasteiger partial charge in [-0.25, -0.2) is 9.97 Å². The van der Waals surface area contributed by atoms with E-state index in [0.717, 1.165) is 0 Å². The van der Waals surface area contributed by atoms with Crippen LogP contribution in [0.2, 0.25) is 0 Å². The van der Waals surface area contributed by atoms with E-state index in [0.29, 0.717) is 5.82 Å². The zero-order chi connectivity index (χ0) is 8.81. The molecule has 1 aromatic heterocycles. The van der Waals surface area contributed by atoms with Gasteiger partial charge >= 0.3 is 0 Å². The zero-order valence-corrected chi connectivity index (χ0v) is 6.69. The monoisotopic (exact) mass is 163 g/mol. The molecule has 0 aliphatic heterocycles. The Balaban J connectivity index is 2.59. The van der Waals surface area contributed by atoms with Crippen LogP contribution in [0.3, 0.4) is 0 Å². The van der Waals surface area contributed by atoms with Crippen molar-refractivity contribution in [1.82, 2.24) is 9.97 Å². The van der Waals surface area contributed by atoms with Crippen molar-refractivity contribution in [1.29, 1.82) is 0 Å². The number of hydrogen-bond donors (Lipinski definition) is 1. The molecular formula is C8H9N3O.